The number of rotatable bonds is 4. The Bertz CT molecular complexity index is 607. The Balaban J connectivity index is 2.21. The van der Waals surface area contributed by atoms with E-state index in [1.165, 1.54) is 0 Å². The van der Waals surface area contributed by atoms with Crippen LogP contribution in [0.5, 0.6) is 5.75 Å². The van der Waals surface area contributed by atoms with Crippen LogP contribution in [-0.2, 0) is 16.1 Å². The predicted octanol–water partition coefficient (Wildman–Crippen LogP) is 2.55. The van der Waals surface area contributed by atoms with Crippen LogP contribution >= 0.6 is 22.6 Å². The summed E-state index contributed by atoms with van der Waals surface area (Å²) in [6, 6.07) is 4.99. The van der Waals surface area contributed by atoms with Crippen molar-refractivity contribution in [2.75, 3.05) is 6.61 Å². The molecule has 5 nitrogen and oxygen atoms in total. The van der Waals surface area contributed by atoms with E-state index in [1.807, 2.05) is 13.8 Å². The van der Waals surface area contributed by atoms with Crippen molar-refractivity contribution in [2.45, 2.75) is 20.4 Å². The molecule has 1 N–H and O–H groups in total. The van der Waals surface area contributed by atoms with Gasteiger partial charge in [0.25, 0.3) is 0 Å². The normalized spacial score (nSPS) is 11.2. The molecule has 1 aromatic carbocycles. The highest BCUT2D eigenvalue weighted by atomic mass is 127. The molecule has 0 fully saturated rings. The smallest absolute Gasteiger partial charge is 0.327 e. The minimum atomic E-state index is -0.321. The molecule has 0 radical (unpaired) electrons. The lowest BCUT2D eigenvalue weighted by atomic mass is 10.2. The van der Waals surface area contributed by atoms with Crippen molar-refractivity contribution in [2.24, 2.45) is 5.92 Å². The Labute approximate surface area is 124 Å². The van der Waals surface area contributed by atoms with Gasteiger partial charge in [0.15, 0.2) is 0 Å². The van der Waals surface area contributed by atoms with Gasteiger partial charge >= 0.3 is 5.97 Å². The van der Waals surface area contributed by atoms with E-state index in [1.54, 1.807) is 22.9 Å². The number of esters is 1. The lowest BCUT2D eigenvalue weighted by Crippen LogP contribution is -2.17. The van der Waals surface area contributed by atoms with Crippen LogP contribution in [0.3, 0.4) is 0 Å². The number of nitrogens with zero attached hydrogens (tertiary/aromatic N) is 2. The first-order valence-electron chi connectivity index (χ1n) is 5.98. The number of carbonyl (C=O) groups excluding carboxylic acids is 1. The van der Waals surface area contributed by atoms with E-state index in [0.29, 0.717) is 12.5 Å². The van der Waals surface area contributed by atoms with Crippen molar-refractivity contribution < 1.29 is 14.6 Å². The lowest BCUT2D eigenvalue weighted by Gasteiger charge is -2.07. The molecule has 0 aliphatic carbocycles. The number of phenolic OH excluding ortho intramolecular Hbond substituents is 1. The molecule has 0 amide bonds. The molecule has 6 heteroatoms. The molecule has 1 heterocycles. The van der Waals surface area contributed by atoms with Crippen molar-refractivity contribution >= 4 is 39.5 Å². The molecule has 19 heavy (non-hydrogen) atoms. The van der Waals surface area contributed by atoms with E-state index in [4.69, 9.17) is 4.74 Å². The van der Waals surface area contributed by atoms with Gasteiger partial charge in [-0.3, -0.25) is 9.48 Å². The molecule has 102 valence electrons. The number of phenols is 1. The van der Waals surface area contributed by atoms with Crippen LogP contribution in [0.25, 0.3) is 10.9 Å². The summed E-state index contributed by atoms with van der Waals surface area (Å²) in [6.07, 6.45) is 0. The van der Waals surface area contributed by atoms with Crippen LogP contribution in [0.2, 0.25) is 0 Å². The lowest BCUT2D eigenvalue weighted by molar-refractivity contribution is -0.145. The zero-order valence-corrected chi connectivity index (χ0v) is 12.9. The molecule has 0 spiro atoms. The first kappa shape index (κ1) is 14.1. The Morgan fingerprint density at radius 1 is 1.53 bits per heavy atom. The molecule has 2 aromatic rings. The number of fused-ring (bicyclic) bond motifs is 1. The molecule has 0 saturated carbocycles. The highest BCUT2D eigenvalue weighted by Crippen LogP contribution is 2.24. The van der Waals surface area contributed by atoms with Crippen molar-refractivity contribution in [3.63, 3.8) is 0 Å². The fraction of sp³-hybridized carbons (Fsp3) is 0.385. The third-order valence-electron chi connectivity index (χ3n) is 2.55. The largest absolute Gasteiger partial charge is 0.508 e. The fourth-order valence-electron chi connectivity index (χ4n) is 1.67. The van der Waals surface area contributed by atoms with E-state index < -0.39 is 0 Å². The molecular weight excluding hydrogens is 359 g/mol. The van der Waals surface area contributed by atoms with Crippen LogP contribution < -0.4 is 0 Å². The van der Waals surface area contributed by atoms with E-state index in [-0.39, 0.29) is 18.3 Å². The molecule has 0 bridgehead atoms. The Morgan fingerprint density at radius 2 is 2.26 bits per heavy atom. The summed E-state index contributed by atoms with van der Waals surface area (Å²) >= 11 is 2.10. The second-order valence-corrected chi connectivity index (χ2v) is 5.75. The molecule has 0 unspecified atom stereocenters. The Kier molecular flexibility index (Phi) is 4.28. The van der Waals surface area contributed by atoms with Gasteiger partial charge in [-0.05, 0) is 40.6 Å². The first-order valence-corrected chi connectivity index (χ1v) is 7.06. The van der Waals surface area contributed by atoms with Gasteiger partial charge in [0, 0.05) is 11.5 Å². The minimum Gasteiger partial charge on any atom is -0.508 e. The van der Waals surface area contributed by atoms with Gasteiger partial charge in [-0.15, -0.1) is 0 Å². The maximum absolute atomic E-state index is 11.7. The maximum atomic E-state index is 11.7. The van der Waals surface area contributed by atoms with Crippen LogP contribution in [0.4, 0.5) is 0 Å². The third-order valence-corrected chi connectivity index (χ3v) is 3.34. The molecule has 2 rings (SSSR count). The summed E-state index contributed by atoms with van der Waals surface area (Å²) in [7, 11) is 0. The molecule has 0 atom stereocenters. The molecule has 0 aliphatic heterocycles. The summed E-state index contributed by atoms with van der Waals surface area (Å²) in [6.45, 7) is 4.42. The maximum Gasteiger partial charge on any atom is 0.327 e. The second kappa shape index (κ2) is 5.77. The second-order valence-electron chi connectivity index (χ2n) is 4.73. The van der Waals surface area contributed by atoms with Crippen molar-refractivity contribution in [1.29, 1.82) is 0 Å². The predicted molar refractivity (Wildman–Crippen MR) is 79.9 cm³/mol. The molecular formula is C13H15IN2O3. The average molecular weight is 374 g/mol. The Morgan fingerprint density at radius 3 is 2.95 bits per heavy atom. The number of ether oxygens (including phenoxy) is 1. The number of carbonyl (C=O) groups is 1. The number of hydrogen-bond acceptors (Lipinski definition) is 4. The minimum absolute atomic E-state index is 0.0513. The molecule has 1 aromatic heterocycles. The monoisotopic (exact) mass is 374 g/mol. The molecule has 0 aliphatic rings. The van der Waals surface area contributed by atoms with Gasteiger partial charge in [0.1, 0.15) is 16.0 Å². The highest BCUT2D eigenvalue weighted by molar-refractivity contribution is 14.1. The third kappa shape index (κ3) is 3.37. The number of aromatic hydroxyl groups is 1. The molecule has 0 saturated heterocycles. The number of halogens is 1. The fourth-order valence-corrected chi connectivity index (χ4v) is 2.39. The van der Waals surface area contributed by atoms with E-state index >= 15 is 0 Å². The van der Waals surface area contributed by atoms with Crippen molar-refractivity contribution in [3.05, 3.63) is 21.9 Å². The zero-order valence-electron chi connectivity index (χ0n) is 10.8. The first-order chi connectivity index (χ1) is 8.97. The van der Waals surface area contributed by atoms with E-state index in [0.717, 1.165) is 14.6 Å². The number of hydrogen-bond donors (Lipinski definition) is 1. The topological polar surface area (TPSA) is 64.4 Å². The van der Waals surface area contributed by atoms with Crippen LogP contribution in [0.1, 0.15) is 13.8 Å². The van der Waals surface area contributed by atoms with Gasteiger partial charge in [0.2, 0.25) is 0 Å². The van der Waals surface area contributed by atoms with Crippen LogP contribution in [-0.4, -0.2) is 27.5 Å². The van der Waals surface area contributed by atoms with Crippen molar-refractivity contribution in [1.82, 2.24) is 9.78 Å². The summed E-state index contributed by atoms with van der Waals surface area (Å²) < 4.78 is 7.48. The van der Waals surface area contributed by atoms with Crippen molar-refractivity contribution in [3.8, 4) is 5.75 Å². The summed E-state index contributed by atoms with van der Waals surface area (Å²) in [5.41, 5.74) is 0.728. The number of benzene rings is 1. The standard InChI is InChI=1S/C13H15IN2O3/c1-8(2)7-19-12(18)6-16-11-5-9(17)3-4-10(11)13(14)15-16/h3-5,8,17H,6-7H2,1-2H3. The summed E-state index contributed by atoms with van der Waals surface area (Å²) in [5.74, 6) is 0.140. The zero-order chi connectivity index (χ0) is 14.0. The van der Waals surface area contributed by atoms with Crippen LogP contribution in [0, 0.1) is 9.62 Å². The quantitative estimate of drug-likeness (QED) is 0.660. The number of aromatic nitrogens is 2. The SMILES string of the molecule is CC(C)COC(=O)Cn1nc(I)c2ccc(O)cc21. The Hall–Kier alpha value is -1.31. The van der Waals surface area contributed by atoms with Crippen LogP contribution in [0.15, 0.2) is 18.2 Å². The van der Waals surface area contributed by atoms with Gasteiger partial charge in [-0.25, -0.2) is 0 Å². The van der Waals surface area contributed by atoms with Gasteiger partial charge in [-0.2, -0.15) is 5.10 Å². The van der Waals surface area contributed by atoms with Gasteiger partial charge < -0.3 is 9.84 Å². The van der Waals surface area contributed by atoms with E-state index in [2.05, 4.69) is 27.7 Å². The highest BCUT2D eigenvalue weighted by Gasteiger charge is 2.13. The van der Waals surface area contributed by atoms with Gasteiger partial charge in [-0.1, -0.05) is 13.8 Å². The van der Waals surface area contributed by atoms with E-state index in [9.17, 15) is 9.90 Å². The average Bonchev–Trinajstić information content (AvgIpc) is 2.63. The van der Waals surface area contributed by atoms with Gasteiger partial charge in [0.05, 0.1) is 12.1 Å². The summed E-state index contributed by atoms with van der Waals surface area (Å²) in [4.78, 5) is 11.7. The summed E-state index contributed by atoms with van der Waals surface area (Å²) in [5, 5.41) is 14.7.